The topological polar surface area (TPSA) is 0 Å². The van der Waals surface area contributed by atoms with E-state index in [9.17, 15) is 0 Å². The Hall–Kier alpha value is -1.30. The molecule has 1 aliphatic carbocycles. The third-order valence-corrected chi connectivity index (χ3v) is 2.62. The second-order valence-electron chi connectivity index (χ2n) is 3.86. The molecule has 0 amide bonds. The summed E-state index contributed by atoms with van der Waals surface area (Å²) in [6.07, 6.45) is 10.6. The molecule has 0 aliphatic heterocycles. The largest absolute Gasteiger partial charge is 0.0839 e. The predicted molar refractivity (Wildman–Crippen MR) is 80.2 cm³/mol. The lowest BCUT2D eigenvalue weighted by Crippen LogP contribution is -1.80. The third-order valence-electron chi connectivity index (χ3n) is 2.62. The zero-order chi connectivity index (χ0) is 11.8. The van der Waals surface area contributed by atoms with Gasteiger partial charge in [0.1, 0.15) is 0 Å². The molecule has 1 aromatic rings. The van der Waals surface area contributed by atoms with E-state index in [0.29, 0.717) is 0 Å². The van der Waals surface area contributed by atoms with Gasteiger partial charge < -0.3 is 0 Å². The molecule has 1 aromatic carbocycles. The van der Waals surface area contributed by atoms with E-state index in [1.165, 1.54) is 36.0 Å². The van der Waals surface area contributed by atoms with Crippen LogP contribution in [0.15, 0.2) is 42.5 Å². The van der Waals surface area contributed by atoms with Crippen LogP contribution in [0.4, 0.5) is 0 Å². The van der Waals surface area contributed by atoms with Crippen molar-refractivity contribution in [2.75, 3.05) is 0 Å². The van der Waals surface area contributed by atoms with Gasteiger partial charge in [0, 0.05) is 0 Å². The Balaban J connectivity index is 0.000000811. The maximum atomic E-state index is 2.34. The molecule has 0 unspecified atom stereocenters. The van der Waals surface area contributed by atoms with E-state index in [4.69, 9.17) is 0 Å². The van der Waals surface area contributed by atoms with Gasteiger partial charge in [0.25, 0.3) is 0 Å². The van der Waals surface area contributed by atoms with Gasteiger partial charge in [-0.3, -0.25) is 0 Å². The molecular formula is C17H26. The molecule has 2 rings (SSSR count). The SMILES string of the molecule is C.CC.Cc1ccc(C2=CCCCC=C2)cc1. The van der Waals surface area contributed by atoms with E-state index in [0.717, 1.165) is 0 Å². The molecular weight excluding hydrogens is 204 g/mol. The standard InChI is InChI=1S/C14H16.C2H6.CH4/c1-12-8-10-14(11-9-12)13-6-4-2-3-5-7-13;1-2;/h4,6-11H,2-3,5H2,1H3;1-2H3;1H4. The first kappa shape index (κ1) is 15.7. The Labute approximate surface area is 107 Å². The Morgan fingerprint density at radius 2 is 1.59 bits per heavy atom. The summed E-state index contributed by atoms with van der Waals surface area (Å²) in [5, 5.41) is 0. The van der Waals surface area contributed by atoms with Crippen LogP contribution in [0.3, 0.4) is 0 Å². The van der Waals surface area contributed by atoms with E-state index in [1.54, 1.807) is 0 Å². The van der Waals surface area contributed by atoms with Crippen molar-refractivity contribution in [3.05, 3.63) is 53.6 Å². The highest BCUT2D eigenvalue weighted by Gasteiger charge is 1.99. The van der Waals surface area contributed by atoms with E-state index in [1.807, 2.05) is 13.8 Å². The smallest absolute Gasteiger partial charge is 0.0187 e. The van der Waals surface area contributed by atoms with Crippen LogP contribution in [-0.2, 0) is 0 Å². The van der Waals surface area contributed by atoms with E-state index in [2.05, 4.69) is 49.4 Å². The minimum atomic E-state index is 0. The maximum Gasteiger partial charge on any atom is -0.0187 e. The molecule has 0 bridgehead atoms. The molecule has 0 atom stereocenters. The molecule has 0 saturated carbocycles. The summed E-state index contributed by atoms with van der Waals surface area (Å²) < 4.78 is 0. The lowest BCUT2D eigenvalue weighted by atomic mass is 10.0. The molecule has 0 spiro atoms. The van der Waals surface area contributed by atoms with E-state index >= 15 is 0 Å². The summed E-state index contributed by atoms with van der Waals surface area (Å²) in [5.41, 5.74) is 4.04. The normalized spacial score (nSPS) is 13.7. The molecule has 0 heteroatoms. The second-order valence-corrected chi connectivity index (χ2v) is 3.86. The molecule has 17 heavy (non-hydrogen) atoms. The summed E-state index contributed by atoms with van der Waals surface area (Å²) in [6.45, 7) is 6.13. The first-order valence-corrected chi connectivity index (χ1v) is 6.30. The predicted octanol–water partition coefficient (Wildman–Crippen LogP) is 5.78. The number of aryl methyl sites for hydroxylation is 1. The van der Waals surface area contributed by atoms with Crippen LogP contribution in [0.2, 0.25) is 0 Å². The summed E-state index contributed by atoms with van der Waals surface area (Å²) in [5.74, 6) is 0. The summed E-state index contributed by atoms with van der Waals surface area (Å²) >= 11 is 0. The second kappa shape index (κ2) is 8.81. The van der Waals surface area contributed by atoms with Crippen LogP contribution in [0.5, 0.6) is 0 Å². The monoisotopic (exact) mass is 230 g/mol. The van der Waals surface area contributed by atoms with Crippen LogP contribution in [0.25, 0.3) is 5.57 Å². The molecule has 94 valence electrons. The summed E-state index contributed by atoms with van der Waals surface area (Å²) in [6, 6.07) is 8.76. The van der Waals surface area contributed by atoms with Crippen LogP contribution < -0.4 is 0 Å². The fourth-order valence-corrected chi connectivity index (χ4v) is 1.73. The van der Waals surface area contributed by atoms with Crippen molar-refractivity contribution >= 4 is 5.57 Å². The first-order valence-electron chi connectivity index (χ1n) is 6.30. The highest BCUT2D eigenvalue weighted by Crippen LogP contribution is 2.20. The zero-order valence-electron chi connectivity index (χ0n) is 10.7. The van der Waals surface area contributed by atoms with Crippen LogP contribution in [0, 0.1) is 6.92 Å². The van der Waals surface area contributed by atoms with Crippen LogP contribution in [-0.4, -0.2) is 0 Å². The first-order chi connectivity index (χ1) is 7.86. The van der Waals surface area contributed by atoms with Crippen LogP contribution >= 0.6 is 0 Å². The van der Waals surface area contributed by atoms with Gasteiger partial charge in [-0.1, -0.05) is 69.3 Å². The molecule has 1 aliphatic rings. The zero-order valence-corrected chi connectivity index (χ0v) is 10.7. The van der Waals surface area contributed by atoms with Gasteiger partial charge in [-0.15, -0.1) is 0 Å². The Morgan fingerprint density at radius 1 is 0.941 bits per heavy atom. The number of benzene rings is 1. The molecule has 0 nitrogen and oxygen atoms in total. The van der Waals surface area contributed by atoms with Gasteiger partial charge in [0.2, 0.25) is 0 Å². The fraction of sp³-hybridized carbons (Fsp3) is 0.412. The van der Waals surface area contributed by atoms with Gasteiger partial charge in [0.05, 0.1) is 0 Å². The van der Waals surface area contributed by atoms with Crippen molar-refractivity contribution < 1.29 is 0 Å². The third kappa shape index (κ3) is 5.04. The summed E-state index contributed by atoms with van der Waals surface area (Å²) in [4.78, 5) is 0. The Kier molecular flexibility index (Phi) is 8.13. The average Bonchev–Trinajstić information content (AvgIpc) is 2.61. The van der Waals surface area contributed by atoms with Gasteiger partial charge in [-0.25, -0.2) is 0 Å². The minimum Gasteiger partial charge on any atom is -0.0839 e. The lowest BCUT2D eigenvalue weighted by Gasteiger charge is -2.02. The highest BCUT2D eigenvalue weighted by molar-refractivity contribution is 5.74. The number of hydrogen-bond acceptors (Lipinski definition) is 0. The van der Waals surface area contributed by atoms with Gasteiger partial charge in [-0.2, -0.15) is 0 Å². The van der Waals surface area contributed by atoms with Crippen LogP contribution in [0.1, 0.15) is 51.7 Å². The Morgan fingerprint density at radius 3 is 2.24 bits per heavy atom. The molecule has 0 fully saturated rings. The number of allylic oxidation sites excluding steroid dienone is 4. The van der Waals surface area contributed by atoms with Crippen molar-refractivity contribution in [1.82, 2.24) is 0 Å². The van der Waals surface area contributed by atoms with Gasteiger partial charge in [-0.05, 0) is 37.3 Å². The fourth-order valence-electron chi connectivity index (χ4n) is 1.73. The number of rotatable bonds is 1. The van der Waals surface area contributed by atoms with Crippen molar-refractivity contribution in [3.63, 3.8) is 0 Å². The molecule has 0 radical (unpaired) electrons. The summed E-state index contributed by atoms with van der Waals surface area (Å²) in [7, 11) is 0. The molecule has 0 heterocycles. The molecule has 0 aromatic heterocycles. The molecule has 0 saturated heterocycles. The minimum absolute atomic E-state index is 0. The maximum absolute atomic E-state index is 2.34. The quantitative estimate of drug-likeness (QED) is 0.573. The Bertz CT molecular complexity index is 352. The van der Waals surface area contributed by atoms with Crippen molar-refractivity contribution in [2.45, 2.75) is 47.5 Å². The van der Waals surface area contributed by atoms with Gasteiger partial charge in [0.15, 0.2) is 0 Å². The number of hydrogen-bond donors (Lipinski definition) is 0. The van der Waals surface area contributed by atoms with Crippen molar-refractivity contribution in [2.24, 2.45) is 0 Å². The van der Waals surface area contributed by atoms with Crippen molar-refractivity contribution in [3.8, 4) is 0 Å². The lowest BCUT2D eigenvalue weighted by molar-refractivity contribution is 0.876. The van der Waals surface area contributed by atoms with E-state index in [-0.39, 0.29) is 7.43 Å². The molecule has 0 N–H and O–H groups in total. The van der Waals surface area contributed by atoms with E-state index < -0.39 is 0 Å². The average molecular weight is 230 g/mol. The van der Waals surface area contributed by atoms with Crippen molar-refractivity contribution in [1.29, 1.82) is 0 Å². The van der Waals surface area contributed by atoms with Gasteiger partial charge >= 0.3 is 0 Å². The highest BCUT2D eigenvalue weighted by atomic mass is 14.0.